The number of hydrogen-bond donors (Lipinski definition) is 1. The van der Waals surface area contributed by atoms with Crippen LogP contribution in [0.25, 0.3) is 0 Å². The Hall–Kier alpha value is -2.05. The minimum absolute atomic E-state index is 0.102. The molecule has 7 heteroatoms. The molecule has 126 valence electrons. The Balaban J connectivity index is 1.87. The minimum Gasteiger partial charge on any atom is -0.344 e. The van der Waals surface area contributed by atoms with E-state index in [-0.39, 0.29) is 17.5 Å². The van der Waals surface area contributed by atoms with E-state index < -0.39 is 5.54 Å². The number of fused-ring (bicyclic) bond motifs is 1. The molecule has 1 N–H and O–H groups in total. The Morgan fingerprint density at radius 1 is 1.17 bits per heavy atom. The molecular weight excluding hydrogens is 296 g/mol. The number of carbonyl (C=O) groups is 2. The van der Waals surface area contributed by atoms with E-state index in [9.17, 15) is 14.4 Å². The van der Waals surface area contributed by atoms with Gasteiger partial charge in [-0.3, -0.25) is 18.7 Å². The van der Waals surface area contributed by atoms with Gasteiger partial charge in [0.15, 0.2) is 0 Å². The van der Waals surface area contributed by atoms with Gasteiger partial charge in [0.25, 0.3) is 5.91 Å². The zero-order chi connectivity index (χ0) is 16.8. The second-order valence-electron chi connectivity index (χ2n) is 7.01. The predicted molar refractivity (Wildman–Crippen MR) is 85.4 cm³/mol. The van der Waals surface area contributed by atoms with Crippen LogP contribution >= 0.6 is 0 Å². The lowest BCUT2D eigenvalue weighted by atomic mass is 9.90. The Kier molecular flexibility index (Phi) is 3.82. The molecule has 1 aromatic heterocycles. The maximum atomic E-state index is 12.8. The van der Waals surface area contributed by atoms with Crippen molar-refractivity contribution in [3.8, 4) is 0 Å². The molecule has 23 heavy (non-hydrogen) atoms. The average Bonchev–Trinajstić information content (AvgIpc) is 2.76. The van der Waals surface area contributed by atoms with Crippen LogP contribution in [0.2, 0.25) is 0 Å². The zero-order valence-corrected chi connectivity index (χ0v) is 14.0. The summed E-state index contributed by atoms with van der Waals surface area (Å²) in [5.74, 6) is -0.115. The maximum Gasteiger partial charge on any atom is 0.328 e. The van der Waals surface area contributed by atoms with Gasteiger partial charge in [-0.1, -0.05) is 0 Å². The highest BCUT2D eigenvalue weighted by Crippen LogP contribution is 2.23. The van der Waals surface area contributed by atoms with Crippen molar-refractivity contribution in [2.45, 2.75) is 51.1 Å². The van der Waals surface area contributed by atoms with Crippen molar-refractivity contribution in [2.75, 3.05) is 13.6 Å². The molecule has 3 rings (SSSR count). The molecule has 1 saturated heterocycles. The third-order valence-electron chi connectivity index (χ3n) is 5.03. The molecule has 0 saturated carbocycles. The van der Waals surface area contributed by atoms with Gasteiger partial charge in [0.05, 0.1) is 11.2 Å². The summed E-state index contributed by atoms with van der Waals surface area (Å²) in [5.41, 5.74) is 0.728. The second-order valence-corrected chi connectivity index (χ2v) is 7.01. The quantitative estimate of drug-likeness (QED) is 0.849. The SMILES string of the molecule is CN1CC(C)(NC(=O)c2c3n(c(=O)n2C)CCCC3)CCC1=O. The number of aromatic nitrogens is 2. The van der Waals surface area contributed by atoms with E-state index in [1.54, 1.807) is 23.6 Å². The van der Waals surface area contributed by atoms with Crippen molar-refractivity contribution in [3.05, 3.63) is 21.9 Å². The first-order chi connectivity index (χ1) is 10.8. The van der Waals surface area contributed by atoms with Crippen LogP contribution in [-0.2, 0) is 24.8 Å². The third-order valence-corrected chi connectivity index (χ3v) is 5.03. The van der Waals surface area contributed by atoms with Crippen LogP contribution in [-0.4, -0.2) is 45.0 Å². The Bertz CT molecular complexity index is 718. The van der Waals surface area contributed by atoms with Gasteiger partial charge in [-0.2, -0.15) is 0 Å². The van der Waals surface area contributed by atoms with Gasteiger partial charge in [-0.05, 0) is 32.6 Å². The van der Waals surface area contributed by atoms with Gasteiger partial charge in [0.1, 0.15) is 5.69 Å². The highest BCUT2D eigenvalue weighted by atomic mass is 16.2. The number of piperidine rings is 1. The van der Waals surface area contributed by atoms with Gasteiger partial charge in [-0.25, -0.2) is 4.79 Å². The van der Waals surface area contributed by atoms with Crippen molar-refractivity contribution in [3.63, 3.8) is 0 Å². The number of imidazole rings is 1. The minimum atomic E-state index is -0.459. The zero-order valence-electron chi connectivity index (χ0n) is 14.0. The molecule has 2 aliphatic rings. The molecule has 7 nitrogen and oxygen atoms in total. The average molecular weight is 320 g/mol. The number of likely N-dealkylation sites (N-methyl/N-ethyl adjacent to an activating group) is 1. The lowest BCUT2D eigenvalue weighted by Gasteiger charge is -2.39. The number of carbonyl (C=O) groups excluding carboxylic acids is 2. The molecule has 1 fully saturated rings. The van der Waals surface area contributed by atoms with Crippen LogP contribution in [0.5, 0.6) is 0 Å². The number of amides is 2. The normalized spacial score (nSPS) is 24.5. The molecule has 0 bridgehead atoms. The first kappa shape index (κ1) is 15.8. The van der Waals surface area contributed by atoms with Crippen molar-refractivity contribution < 1.29 is 9.59 Å². The fourth-order valence-corrected chi connectivity index (χ4v) is 3.74. The maximum absolute atomic E-state index is 12.8. The molecule has 0 spiro atoms. The predicted octanol–water partition coefficient (Wildman–Crippen LogP) is 0.264. The third kappa shape index (κ3) is 2.68. The Labute approximate surface area is 135 Å². The number of hydrogen-bond acceptors (Lipinski definition) is 3. The summed E-state index contributed by atoms with van der Waals surface area (Å²) in [7, 11) is 3.41. The van der Waals surface area contributed by atoms with Gasteiger partial charge in [0.2, 0.25) is 5.91 Å². The molecule has 0 aromatic carbocycles. The van der Waals surface area contributed by atoms with E-state index >= 15 is 0 Å². The highest BCUT2D eigenvalue weighted by molar-refractivity contribution is 5.94. The molecule has 0 radical (unpaired) electrons. The molecule has 1 atom stereocenters. The van der Waals surface area contributed by atoms with Crippen LogP contribution in [0, 0.1) is 0 Å². The van der Waals surface area contributed by atoms with Crippen LogP contribution in [0.3, 0.4) is 0 Å². The van der Waals surface area contributed by atoms with Crippen LogP contribution in [0.4, 0.5) is 0 Å². The van der Waals surface area contributed by atoms with Crippen molar-refractivity contribution in [1.82, 2.24) is 19.4 Å². The van der Waals surface area contributed by atoms with Gasteiger partial charge in [0, 0.05) is 33.6 Å². The summed E-state index contributed by atoms with van der Waals surface area (Å²) in [5, 5.41) is 3.06. The summed E-state index contributed by atoms with van der Waals surface area (Å²) in [4.78, 5) is 38.4. The van der Waals surface area contributed by atoms with E-state index in [0.29, 0.717) is 31.6 Å². The van der Waals surface area contributed by atoms with E-state index in [0.717, 1.165) is 25.0 Å². The Morgan fingerprint density at radius 3 is 2.61 bits per heavy atom. The molecule has 1 unspecified atom stereocenters. The Morgan fingerprint density at radius 2 is 1.91 bits per heavy atom. The van der Waals surface area contributed by atoms with E-state index in [4.69, 9.17) is 0 Å². The van der Waals surface area contributed by atoms with E-state index in [1.165, 1.54) is 4.57 Å². The molecule has 1 aromatic rings. The summed E-state index contributed by atoms with van der Waals surface area (Å²) in [6.45, 7) is 3.12. The van der Waals surface area contributed by atoms with Crippen LogP contribution in [0.1, 0.15) is 48.8 Å². The lowest BCUT2D eigenvalue weighted by Crippen LogP contribution is -2.57. The number of rotatable bonds is 2. The monoisotopic (exact) mass is 320 g/mol. The molecule has 3 heterocycles. The van der Waals surface area contributed by atoms with Crippen molar-refractivity contribution in [2.24, 2.45) is 7.05 Å². The smallest absolute Gasteiger partial charge is 0.328 e. The summed E-state index contributed by atoms with van der Waals surface area (Å²) < 4.78 is 3.17. The molecular formula is C16H24N4O3. The largest absolute Gasteiger partial charge is 0.344 e. The van der Waals surface area contributed by atoms with E-state index in [1.807, 2.05) is 6.92 Å². The first-order valence-corrected chi connectivity index (χ1v) is 8.17. The summed E-state index contributed by atoms with van der Waals surface area (Å²) in [6, 6.07) is 0. The fraction of sp³-hybridized carbons (Fsp3) is 0.688. The van der Waals surface area contributed by atoms with Crippen molar-refractivity contribution in [1.29, 1.82) is 0 Å². The number of nitrogens with one attached hydrogen (secondary N) is 1. The molecule has 0 aliphatic carbocycles. The topological polar surface area (TPSA) is 76.3 Å². The summed E-state index contributed by atoms with van der Waals surface area (Å²) in [6.07, 6.45) is 3.78. The van der Waals surface area contributed by atoms with Gasteiger partial charge in [-0.15, -0.1) is 0 Å². The molecule has 2 amide bonds. The lowest BCUT2D eigenvalue weighted by molar-refractivity contribution is -0.133. The second kappa shape index (κ2) is 5.54. The van der Waals surface area contributed by atoms with E-state index in [2.05, 4.69) is 5.32 Å². The standard InChI is InChI=1S/C16H24N4O3/c1-16(8-7-12(21)18(2)10-16)17-14(22)13-11-6-4-5-9-20(11)15(23)19(13)3/h4-10H2,1-3H3,(H,17,22). The number of nitrogens with zero attached hydrogens (tertiary/aromatic N) is 3. The van der Waals surface area contributed by atoms with Gasteiger partial charge >= 0.3 is 5.69 Å². The summed E-state index contributed by atoms with van der Waals surface area (Å²) >= 11 is 0. The highest BCUT2D eigenvalue weighted by Gasteiger charge is 2.36. The van der Waals surface area contributed by atoms with Crippen molar-refractivity contribution >= 4 is 11.8 Å². The fourth-order valence-electron chi connectivity index (χ4n) is 3.74. The van der Waals surface area contributed by atoms with Gasteiger partial charge < -0.3 is 10.2 Å². The molecule has 2 aliphatic heterocycles. The number of likely N-dealkylation sites (tertiary alicyclic amines) is 1. The first-order valence-electron chi connectivity index (χ1n) is 8.17. The van der Waals surface area contributed by atoms with Crippen LogP contribution in [0.15, 0.2) is 4.79 Å². The van der Waals surface area contributed by atoms with Crippen LogP contribution < -0.4 is 11.0 Å².